The van der Waals surface area contributed by atoms with Gasteiger partial charge in [-0.05, 0) is 61.0 Å². The maximum atomic E-state index is 13.5. The molecule has 3 rings (SSSR count). The van der Waals surface area contributed by atoms with Crippen LogP contribution >= 0.6 is 23.2 Å². The molecule has 1 aliphatic heterocycles. The molecule has 2 amide bonds. The average Bonchev–Trinajstić information content (AvgIpc) is 2.97. The van der Waals surface area contributed by atoms with Crippen LogP contribution in [0.2, 0.25) is 10.0 Å². The van der Waals surface area contributed by atoms with Gasteiger partial charge in [0.2, 0.25) is 0 Å². The monoisotopic (exact) mass is 444 g/mol. The fourth-order valence-corrected chi connectivity index (χ4v) is 3.75. The van der Waals surface area contributed by atoms with Gasteiger partial charge in [0, 0.05) is 21.4 Å². The van der Waals surface area contributed by atoms with Crippen LogP contribution in [0.4, 0.5) is 16.2 Å². The largest absolute Gasteiger partial charge is 0.391 e. The lowest BCUT2D eigenvalue weighted by Crippen LogP contribution is -2.55. The Morgan fingerprint density at radius 1 is 1.07 bits per heavy atom. The molecule has 1 fully saturated rings. The van der Waals surface area contributed by atoms with Crippen molar-refractivity contribution in [2.24, 2.45) is 0 Å². The summed E-state index contributed by atoms with van der Waals surface area (Å²) in [6.07, 6.45) is 7.12. The van der Waals surface area contributed by atoms with Crippen molar-refractivity contribution in [1.29, 1.82) is 0 Å². The van der Waals surface area contributed by atoms with E-state index < -0.39 is 24.4 Å². The fourth-order valence-electron chi connectivity index (χ4n) is 3.50. The second-order valence-corrected chi connectivity index (χ2v) is 7.71. The summed E-state index contributed by atoms with van der Waals surface area (Å²) in [6, 6.07) is 11.7. The van der Waals surface area contributed by atoms with Crippen molar-refractivity contribution in [3.8, 4) is 0 Å². The molecule has 0 bridgehead atoms. The fraction of sp³-hybridized carbons (Fsp3) is 0.174. The molecule has 0 aliphatic carbocycles. The molecule has 1 heterocycles. The number of hydrogen-bond donors (Lipinski definition) is 2. The van der Waals surface area contributed by atoms with Crippen molar-refractivity contribution < 1.29 is 15.0 Å². The molecule has 0 aromatic heterocycles. The lowest BCUT2D eigenvalue weighted by Gasteiger charge is -2.35. The highest BCUT2D eigenvalue weighted by Crippen LogP contribution is 2.41. The summed E-state index contributed by atoms with van der Waals surface area (Å²) in [5.41, 5.74) is -0.600. The third kappa shape index (κ3) is 4.02. The number of aliphatic hydroxyl groups is 2. The number of allylic oxidation sites excluding steroid dienone is 3. The van der Waals surface area contributed by atoms with E-state index in [1.54, 1.807) is 60.7 Å². The van der Waals surface area contributed by atoms with Gasteiger partial charge in [0.05, 0.1) is 6.61 Å². The minimum absolute atomic E-state index is 0.396. The predicted molar refractivity (Wildman–Crippen MR) is 122 cm³/mol. The van der Waals surface area contributed by atoms with Gasteiger partial charge in [-0.25, -0.2) is 4.79 Å². The van der Waals surface area contributed by atoms with Crippen LogP contribution in [0, 0.1) is 0 Å². The van der Waals surface area contributed by atoms with Crippen molar-refractivity contribution in [2.75, 3.05) is 16.4 Å². The topological polar surface area (TPSA) is 64.0 Å². The van der Waals surface area contributed by atoms with E-state index in [9.17, 15) is 15.0 Å². The molecule has 2 atom stereocenters. The lowest BCUT2D eigenvalue weighted by molar-refractivity contribution is -0.00819. The summed E-state index contributed by atoms with van der Waals surface area (Å²) in [5, 5.41) is 22.8. The average molecular weight is 445 g/mol. The van der Waals surface area contributed by atoms with Crippen LogP contribution in [0.1, 0.15) is 6.92 Å². The van der Waals surface area contributed by atoms with E-state index in [1.165, 1.54) is 4.90 Å². The van der Waals surface area contributed by atoms with Gasteiger partial charge in [-0.15, -0.1) is 0 Å². The maximum absolute atomic E-state index is 13.5. The van der Waals surface area contributed by atoms with Crippen molar-refractivity contribution in [1.82, 2.24) is 0 Å². The number of halogens is 2. The van der Waals surface area contributed by atoms with Gasteiger partial charge in [-0.2, -0.15) is 0 Å². The van der Waals surface area contributed by atoms with Gasteiger partial charge < -0.3 is 10.2 Å². The molecule has 1 aliphatic rings. The first-order valence-corrected chi connectivity index (χ1v) is 10.0. The highest BCUT2D eigenvalue weighted by atomic mass is 35.5. The van der Waals surface area contributed by atoms with E-state index in [0.29, 0.717) is 27.0 Å². The summed E-state index contributed by atoms with van der Waals surface area (Å²) in [4.78, 5) is 16.1. The maximum Gasteiger partial charge on any atom is 0.332 e. The summed E-state index contributed by atoms with van der Waals surface area (Å²) >= 11 is 12.0. The zero-order valence-electron chi connectivity index (χ0n) is 16.4. The molecular formula is C23H22Cl2N2O3. The van der Waals surface area contributed by atoms with E-state index in [-0.39, 0.29) is 0 Å². The van der Waals surface area contributed by atoms with Crippen LogP contribution in [0.3, 0.4) is 0 Å². The first kappa shape index (κ1) is 22.1. The number of nitrogens with zero attached hydrogens (tertiary/aromatic N) is 2. The molecular weight excluding hydrogens is 423 g/mol. The Hall–Kier alpha value is -2.57. The van der Waals surface area contributed by atoms with Crippen molar-refractivity contribution in [3.63, 3.8) is 0 Å². The van der Waals surface area contributed by atoms with Crippen molar-refractivity contribution in [2.45, 2.75) is 18.7 Å². The number of carbonyl (C=O) groups excluding carboxylic acids is 1. The molecule has 30 heavy (non-hydrogen) atoms. The Kier molecular flexibility index (Phi) is 6.68. The van der Waals surface area contributed by atoms with Crippen LogP contribution < -0.4 is 9.80 Å². The number of benzene rings is 2. The number of rotatable bonds is 6. The molecule has 2 aromatic carbocycles. The Morgan fingerprint density at radius 2 is 1.60 bits per heavy atom. The van der Waals surface area contributed by atoms with E-state index in [0.717, 1.165) is 4.90 Å². The van der Waals surface area contributed by atoms with Crippen LogP contribution in [0.15, 0.2) is 85.0 Å². The molecule has 7 heteroatoms. The van der Waals surface area contributed by atoms with Gasteiger partial charge in [-0.3, -0.25) is 9.80 Å². The number of aliphatic hydroxyl groups excluding tert-OH is 1. The standard InChI is InChI=1S/C23H22Cl2N2O3/c1-3-4-5-6-16(2)21-23(30,15-28)27(20-13-9-18(25)10-14-20)22(29)26(21)19-11-7-17(24)8-12-19/h3-14,21,28,30H,2,15H2,1H3/b4-3-,6-5-/t21-,23-/m1/s1. The van der Waals surface area contributed by atoms with Crippen LogP contribution in [0.25, 0.3) is 0 Å². The third-order valence-electron chi connectivity index (χ3n) is 4.87. The minimum atomic E-state index is -1.96. The molecule has 5 nitrogen and oxygen atoms in total. The number of anilines is 2. The summed E-state index contributed by atoms with van der Waals surface area (Å²) < 4.78 is 0. The van der Waals surface area contributed by atoms with Crippen molar-refractivity contribution in [3.05, 3.63) is 95.0 Å². The molecule has 156 valence electrons. The highest BCUT2D eigenvalue weighted by molar-refractivity contribution is 6.31. The second kappa shape index (κ2) is 9.06. The smallest absolute Gasteiger partial charge is 0.332 e. The van der Waals surface area contributed by atoms with Crippen LogP contribution in [-0.4, -0.2) is 34.6 Å². The normalized spacial score (nSPS) is 21.9. The second-order valence-electron chi connectivity index (χ2n) is 6.84. The number of carbonyl (C=O) groups is 1. The first-order valence-electron chi connectivity index (χ1n) is 9.29. The number of amides is 2. The molecule has 2 aromatic rings. The van der Waals surface area contributed by atoms with E-state index >= 15 is 0 Å². The van der Waals surface area contributed by atoms with E-state index in [1.807, 2.05) is 19.1 Å². The van der Waals surface area contributed by atoms with Gasteiger partial charge in [0.1, 0.15) is 6.04 Å². The van der Waals surface area contributed by atoms with Gasteiger partial charge in [0.15, 0.2) is 5.72 Å². The SMILES string of the molecule is C=C(/C=C\C=C/C)[C@H]1N(c2ccc(Cl)cc2)C(=O)N(c2ccc(Cl)cc2)[C@@]1(O)CO. The Bertz CT molecular complexity index is 987. The first-order chi connectivity index (χ1) is 14.3. The summed E-state index contributed by atoms with van der Waals surface area (Å²) in [7, 11) is 0. The number of hydrogen-bond acceptors (Lipinski definition) is 3. The van der Waals surface area contributed by atoms with Crippen molar-refractivity contribution >= 4 is 40.6 Å². The van der Waals surface area contributed by atoms with E-state index in [4.69, 9.17) is 23.2 Å². The predicted octanol–water partition coefficient (Wildman–Crippen LogP) is 5.18. The molecule has 0 unspecified atom stereocenters. The molecule has 0 saturated carbocycles. The Morgan fingerprint density at radius 3 is 2.10 bits per heavy atom. The van der Waals surface area contributed by atoms with E-state index in [2.05, 4.69) is 6.58 Å². The quantitative estimate of drug-likeness (QED) is 0.603. The molecule has 0 spiro atoms. The van der Waals surface area contributed by atoms with Gasteiger partial charge in [0.25, 0.3) is 0 Å². The highest BCUT2D eigenvalue weighted by Gasteiger charge is 2.58. The van der Waals surface area contributed by atoms with Crippen LogP contribution in [-0.2, 0) is 0 Å². The van der Waals surface area contributed by atoms with Gasteiger partial charge in [-0.1, -0.05) is 54.1 Å². The van der Waals surface area contributed by atoms with Gasteiger partial charge >= 0.3 is 6.03 Å². The molecule has 2 N–H and O–H groups in total. The third-order valence-corrected chi connectivity index (χ3v) is 5.37. The Labute approximate surface area is 185 Å². The molecule has 0 radical (unpaired) electrons. The summed E-state index contributed by atoms with van der Waals surface area (Å²) in [5.74, 6) is 0. The number of urea groups is 1. The van der Waals surface area contributed by atoms with Crippen LogP contribution in [0.5, 0.6) is 0 Å². The lowest BCUT2D eigenvalue weighted by atomic mass is 9.95. The zero-order valence-corrected chi connectivity index (χ0v) is 17.9. The Balaban J connectivity index is 2.16. The minimum Gasteiger partial charge on any atom is -0.391 e. The zero-order chi connectivity index (χ0) is 21.9. The molecule has 1 saturated heterocycles. The summed E-state index contributed by atoms with van der Waals surface area (Å²) in [6.45, 7) is 5.23.